The molecule has 0 radical (unpaired) electrons. The summed E-state index contributed by atoms with van der Waals surface area (Å²) in [5.74, 6) is -0.451. The number of hydrogen-bond acceptors (Lipinski definition) is 4. The Hall–Kier alpha value is -1.75. The van der Waals surface area contributed by atoms with Gasteiger partial charge in [0.1, 0.15) is 0 Å². The van der Waals surface area contributed by atoms with Crippen molar-refractivity contribution < 1.29 is 9.53 Å². The smallest absolute Gasteiger partial charge is 0.248 e. The number of benzene rings is 1. The van der Waals surface area contributed by atoms with E-state index in [9.17, 15) is 4.79 Å². The van der Waals surface area contributed by atoms with E-state index in [1.807, 2.05) is 0 Å². The molecular weight excluding hydrogens is 218 g/mol. The summed E-state index contributed by atoms with van der Waals surface area (Å²) < 4.78 is 4.95. The van der Waals surface area contributed by atoms with Crippen LogP contribution in [0.4, 0.5) is 11.4 Å². The number of hydrogen-bond donors (Lipinski definition) is 3. The minimum Gasteiger partial charge on any atom is -0.397 e. The molecule has 0 saturated heterocycles. The highest BCUT2D eigenvalue weighted by molar-refractivity contribution is 5.94. The van der Waals surface area contributed by atoms with Crippen LogP contribution in [0.3, 0.4) is 0 Å². The average Bonchev–Trinajstić information content (AvgIpc) is 2.30. The molecule has 1 rings (SSSR count). The number of nitrogens with one attached hydrogen (secondary N) is 1. The van der Waals surface area contributed by atoms with E-state index in [-0.39, 0.29) is 0 Å². The molecule has 1 aromatic rings. The van der Waals surface area contributed by atoms with Crippen molar-refractivity contribution in [2.24, 2.45) is 5.73 Å². The van der Waals surface area contributed by atoms with Crippen LogP contribution in [0.15, 0.2) is 18.2 Å². The van der Waals surface area contributed by atoms with Crippen LogP contribution in [0.1, 0.15) is 23.2 Å². The summed E-state index contributed by atoms with van der Waals surface area (Å²) in [5.41, 5.74) is 12.8. The van der Waals surface area contributed by atoms with Crippen LogP contribution in [-0.4, -0.2) is 26.2 Å². The van der Waals surface area contributed by atoms with Crippen molar-refractivity contribution in [3.05, 3.63) is 23.8 Å². The van der Waals surface area contributed by atoms with E-state index in [1.165, 1.54) is 0 Å². The van der Waals surface area contributed by atoms with E-state index in [4.69, 9.17) is 16.2 Å². The highest BCUT2D eigenvalue weighted by Gasteiger charge is 2.04. The molecule has 0 aliphatic heterocycles. The van der Waals surface area contributed by atoms with Gasteiger partial charge in [0, 0.05) is 25.8 Å². The van der Waals surface area contributed by atoms with Gasteiger partial charge in [-0.25, -0.2) is 0 Å². The Kier molecular flexibility index (Phi) is 5.29. The molecule has 17 heavy (non-hydrogen) atoms. The highest BCUT2D eigenvalue weighted by Crippen LogP contribution is 2.19. The molecule has 0 aliphatic rings. The molecule has 0 fully saturated rings. The van der Waals surface area contributed by atoms with Crippen molar-refractivity contribution in [2.45, 2.75) is 12.8 Å². The monoisotopic (exact) mass is 237 g/mol. The van der Waals surface area contributed by atoms with Gasteiger partial charge in [-0.2, -0.15) is 0 Å². The maximum absolute atomic E-state index is 11.0. The zero-order valence-corrected chi connectivity index (χ0v) is 10.0. The molecule has 0 aromatic heterocycles. The number of carbonyl (C=O) groups is 1. The van der Waals surface area contributed by atoms with Gasteiger partial charge in [0.15, 0.2) is 0 Å². The number of unbranched alkanes of at least 4 members (excludes halogenated alkanes) is 1. The minimum absolute atomic E-state index is 0.451. The van der Waals surface area contributed by atoms with Crippen molar-refractivity contribution in [3.8, 4) is 0 Å². The zero-order valence-electron chi connectivity index (χ0n) is 10.0. The fraction of sp³-hybridized carbons (Fsp3) is 0.417. The van der Waals surface area contributed by atoms with E-state index in [0.717, 1.165) is 31.7 Å². The van der Waals surface area contributed by atoms with Gasteiger partial charge in [-0.05, 0) is 31.0 Å². The van der Waals surface area contributed by atoms with E-state index in [0.29, 0.717) is 11.3 Å². The fourth-order valence-corrected chi connectivity index (χ4v) is 1.46. The predicted octanol–water partition coefficient (Wildman–Crippen LogP) is 1.21. The Bertz CT molecular complexity index is 380. The van der Waals surface area contributed by atoms with Gasteiger partial charge in [0.25, 0.3) is 0 Å². The van der Waals surface area contributed by atoms with Crippen LogP contribution in [0.2, 0.25) is 0 Å². The second-order valence-electron chi connectivity index (χ2n) is 3.79. The van der Waals surface area contributed by atoms with Crippen LogP contribution in [-0.2, 0) is 4.74 Å². The van der Waals surface area contributed by atoms with Crippen LogP contribution in [0, 0.1) is 0 Å². The molecule has 1 amide bonds. The van der Waals surface area contributed by atoms with Gasteiger partial charge in [-0.3, -0.25) is 4.79 Å². The van der Waals surface area contributed by atoms with E-state index in [1.54, 1.807) is 25.3 Å². The van der Waals surface area contributed by atoms with Crippen molar-refractivity contribution in [1.82, 2.24) is 0 Å². The van der Waals surface area contributed by atoms with Crippen molar-refractivity contribution in [1.29, 1.82) is 0 Å². The molecule has 1 aromatic carbocycles. The summed E-state index contributed by atoms with van der Waals surface area (Å²) in [5, 5.41) is 3.18. The number of nitrogens with two attached hydrogens (primary N) is 2. The Balaban J connectivity index is 2.51. The number of nitrogen functional groups attached to an aromatic ring is 1. The molecule has 0 unspecified atom stereocenters. The maximum atomic E-state index is 11.0. The summed E-state index contributed by atoms with van der Waals surface area (Å²) in [6.07, 6.45) is 1.97. The third-order valence-corrected chi connectivity index (χ3v) is 2.43. The summed E-state index contributed by atoms with van der Waals surface area (Å²) in [7, 11) is 1.68. The molecule has 5 N–H and O–H groups in total. The van der Waals surface area contributed by atoms with Gasteiger partial charge in [0.2, 0.25) is 5.91 Å². The van der Waals surface area contributed by atoms with E-state index >= 15 is 0 Å². The van der Waals surface area contributed by atoms with E-state index in [2.05, 4.69) is 5.32 Å². The second-order valence-corrected chi connectivity index (χ2v) is 3.79. The lowest BCUT2D eigenvalue weighted by atomic mass is 10.1. The number of ether oxygens (including phenoxy) is 1. The van der Waals surface area contributed by atoms with Crippen LogP contribution < -0.4 is 16.8 Å². The maximum Gasteiger partial charge on any atom is 0.248 e. The van der Waals surface area contributed by atoms with Gasteiger partial charge >= 0.3 is 0 Å². The molecule has 0 aliphatic carbocycles. The molecule has 0 spiro atoms. The Morgan fingerprint density at radius 1 is 1.41 bits per heavy atom. The Labute approximate surface area is 101 Å². The summed E-state index contributed by atoms with van der Waals surface area (Å²) in [6.45, 7) is 1.54. The third kappa shape index (κ3) is 4.32. The third-order valence-electron chi connectivity index (χ3n) is 2.43. The lowest BCUT2D eigenvalue weighted by Gasteiger charge is -2.10. The molecule has 0 saturated carbocycles. The molecule has 0 heterocycles. The SMILES string of the molecule is COCCCCNc1cc(C(N)=O)ccc1N. The first-order chi connectivity index (χ1) is 8.15. The highest BCUT2D eigenvalue weighted by atomic mass is 16.5. The first-order valence-corrected chi connectivity index (χ1v) is 5.57. The average molecular weight is 237 g/mol. The molecule has 5 nitrogen and oxygen atoms in total. The zero-order chi connectivity index (χ0) is 12.7. The number of amides is 1. The first-order valence-electron chi connectivity index (χ1n) is 5.57. The molecule has 0 atom stereocenters. The summed E-state index contributed by atoms with van der Waals surface area (Å²) in [4.78, 5) is 11.0. The van der Waals surface area contributed by atoms with Gasteiger partial charge < -0.3 is 21.5 Å². The fourth-order valence-electron chi connectivity index (χ4n) is 1.46. The molecule has 0 bridgehead atoms. The molecule has 94 valence electrons. The Morgan fingerprint density at radius 2 is 2.18 bits per heavy atom. The van der Waals surface area contributed by atoms with E-state index < -0.39 is 5.91 Å². The number of primary amides is 1. The lowest BCUT2D eigenvalue weighted by Crippen LogP contribution is -2.12. The van der Waals surface area contributed by atoms with Crippen LogP contribution in [0.25, 0.3) is 0 Å². The molecular formula is C12H19N3O2. The van der Waals surface area contributed by atoms with Crippen molar-refractivity contribution in [2.75, 3.05) is 31.3 Å². The van der Waals surface area contributed by atoms with Crippen molar-refractivity contribution in [3.63, 3.8) is 0 Å². The second kappa shape index (κ2) is 6.75. The largest absolute Gasteiger partial charge is 0.397 e. The number of carbonyl (C=O) groups excluding carboxylic acids is 1. The topological polar surface area (TPSA) is 90.4 Å². The number of anilines is 2. The van der Waals surface area contributed by atoms with Gasteiger partial charge in [-0.1, -0.05) is 0 Å². The van der Waals surface area contributed by atoms with Crippen LogP contribution in [0.5, 0.6) is 0 Å². The quantitative estimate of drug-likeness (QED) is 0.491. The predicted molar refractivity (Wildman–Crippen MR) is 69.0 cm³/mol. The number of methoxy groups -OCH3 is 1. The Morgan fingerprint density at radius 3 is 2.82 bits per heavy atom. The van der Waals surface area contributed by atoms with Crippen LogP contribution >= 0.6 is 0 Å². The first kappa shape index (κ1) is 13.3. The number of rotatable bonds is 7. The summed E-state index contributed by atoms with van der Waals surface area (Å²) in [6, 6.07) is 4.97. The summed E-state index contributed by atoms with van der Waals surface area (Å²) >= 11 is 0. The van der Waals surface area contributed by atoms with Gasteiger partial charge in [0.05, 0.1) is 11.4 Å². The molecule has 5 heteroatoms. The lowest BCUT2D eigenvalue weighted by molar-refractivity contribution is 0.100. The minimum atomic E-state index is -0.451. The van der Waals surface area contributed by atoms with Gasteiger partial charge in [-0.15, -0.1) is 0 Å². The normalized spacial score (nSPS) is 10.2. The van der Waals surface area contributed by atoms with Crippen molar-refractivity contribution >= 4 is 17.3 Å². The standard InChI is InChI=1S/C12H19N3O2/c1-17-7-3-2-6-15-11-8-9(12(14)16)4-5-10(11)13/h4-5,8,15H,2-3,6-7,13H2,1H3,(H2,14,16).